The van der Waals surface area contributed by atoms with Crippen LogP contribution >= 0.6 is 0 Å². The molecule has 0 bridgehead atoms. The first-order valence-electron chi connectivity index (χ1n) is 8.54. The van der Waals surface area contributed by atoms with Crippen molar-refractivity contribution in [3.05, 3.63) is 53.2 Å². The molecule has 0 amide bonds. The van der Waals surface area contributed by atoms with Gasteiger partial charge in [-0.25, -0.2) is 14.7 Å². The van der Waals surface area contributed by atoms with Crippen molar-refractivity contribution in [1.29, 1.82) is 0 Å². The first-order chi connectivity index (χ1) is 13.0. The van der Waals surface area contributed by atoms with E-state index >= 15 is 0 Å². The van der Waals surface area contributed by atoms with Crippen LogP contribution in [0.5, 0.6) is 0 Å². The Hall–Kier alpha value is -2.62. The molecule has 27 heavy (non-hydrogen) atoms. The van der Waals surface area contributed by atoms with Crippen LogP contribution in [0, 0.1) is 0 Å². The SMILES string of the molecule is C=N/C(N)=c1/nc(CN(CC)[S+](C)[O-])[nH]/c1=C1\C=CC(n2cccn2)=CC1. The van der Waals surface area contributed by atoms with Gasteiger partial charge in [0.05, 0.1) is 11.0 Å². The molecule has 0 aromatic carbocycles. The van der Waals surface area contributed by atoms with Crippen LogP contribution in [0.25, 0.3) is 17.1 Å². The minimum atomic E-state index is -1.08. The van der Waals surface area contributed by atoms with Crippen LogP contribution in [0.3, 0.4) is 0 Å². The molecule has 0 saturated heterocycles. The highest BCUT2D eigenvalue weighted by Gasteiger charge is 2.16. The lowest BCUT2D eigenvalue weighted by Gasteiger charge is -2.18. The lowest BCUT2D eigenvalue weighted by Crippen LogP contribution is -2.31. The van der Waals surface area contributed by atoms with E-state index < -0.39 is 11.4 Å². The summed E-state index contributed by atoms with van der Waals surface area (Å²) < 4.78 is 15.4. The highest BCUT2D eigenvalue weighted by molar-refractivity contribution is 7.88. The van der Waals surface area contributed by atoms with E-state index in [1.54, 1.807) is 16.8 Å². The van der Waals surface area contributed by atoms with Crippen LogP contribution in [0.4, 0.5) is 0 Å². The standard InChI is InChI=1S/C18H23N7OS/c1-4-24(27(3)26)12-15-22-16(17(23-15)18(19)20-2)13-6-8-14(9-7-13)25-11-5-10-21-25/h5-6,8-11H,2,4,7,12,19H2,1,3H3,(H,22,23)/b16-13+,18-17+. The first kappa shape index (κ1) is 19.2. The maximum absolute atomic E-state index is 11.8. The normalized spacial score (nSPS) is 18.4. The van der Waals surface area contributed by atoms with Gasteiger partial charge in [0.1, 0.15) is 24.0 Å². The lowest BCUT2D eigenvalue weighted by atomic mass is 10.1. The Morgan fingerprint density at radius 3 is 2.89 bits per heavy atom. The van der Waals surface area contributed by atoms with E-state index in [-0.39, 0.29) is 5.82 Å². The van der Waals surface area contributed by atoms with Crippen molar-refractivity contribution in [3.63, 3.8) is 0 Å². The van der Waals surface area contributed by atoms with Crippen molar-refractivity contribution < 1.29 is 4.55 Å². The Bertz CT molecular complexity index is 986. The maximum Gasteiger partial charge on any atom is 0.150 e. The van der Waals surface area contributed by atoms with E-state index in [9.17, 15) is 4.55 Å². The van der Waals surface area contributed by atoms with Crippen molar-refractivity contribution in [1.82, 2.24) is 24.1 Å². The summed E-state index contributed by atoms with van der Waals surface area (Å²) in [6.07, 6.45) is 12.1. The molecule has 9 heteroatoms. The highest BCUT2D eigenvalue weighted by atomic mass is 32.2. The summed E-state index contributed by atoms with van der Waals surface area (Å²) in [6.45, 7) is 6.55. The van der Waals surface area contributed by atoms with Gasteiger partial charge < -0.3 is 15.3 Å². The van der Waals surface area contributed by atoms with E-state index in [1.807, 2.05) is 36.0 Å². The third-order valence-corrected chi connectivity index (χ3v) is 5.40. The molecule has 3 rings (SSSR count). The van der Waals surface area contributed by atoms with Gasteiger partial charge >= 0.3 is 0 Å². The number of nitrogens with zero attached hydrogens (tertiary/aromatic N) is 5. The molecule has 142 valence electrons. The van der Waals surface area contributed by atoms with Crippen LogP contribution in [0.15, 0.2) is 41.7 Å². The number of rotatable bonds is 6. The number of aromatic amines is 1. The third kappa shape index (κ3) is 4.21. The van der Waals surface area contributed by atoms with Crippen molar-refractivity contribution in [2.24, 2.45) is 10.7 Å². The third-order valence-electron chi connectivity index (χ3n) is 4.28. The zero-order valence-electron chi connectivity index (χ0n) is 15.4. The molecule has 2 aromatic heterocycles. The minimum absolute atomic E-state index is 0.260. The van der Waals surface area contributed by atoms with Gasteiger partial charge in [-0.05, 0) is 37.8 Å². The number of aromatic nitrogens is 4. The van der Waals surface area contributed by atoms with E-state index in [4.69, 9.17) is 5.73 Å². The summed E-state index contributed by atoms with van der Waals surface area (Å²) in [5.41, 5.74) is 8.04. The fourth-order valence-electron chi connectivity index (χ4n) is 2.85. The molecule has 0 aliphatic heterocycles. The second-order valence-corrected chi connectivity index (χ2v) is 7.34. The van der Waals surface area contributed by atoms with Gasteiger partial charge in [0.2, 0.25) is 0 Å². The van der Waals surface area contributed by atoms with Gasteiger partial charge in [-0.2, -0.15) is 5.10 Å². The topological polar surface area (TPSA) is 111 Å². The Morgan fingerprint density at radius 1 is 1.52 bits per heavy atom. The predicted octanol–water partition coefficient (Wildman–Crippen LogP) is 0.0983. The van der Waals surface area contributed by atoms with Gasteiger partial charge in [0.25, 0.3) is 0 Å². The molecule has 1 unspecified atom stereocenters. The number of allylic oxidation sites excluding steroid dienone is 4. The monoisotopic (exact) mass is 385 g/mol. The molecule has 8 nitrogen and oxygen atoms in total. The zero-order chi connectivity index (χ0) is 19.4. The molecule has 2 heterocycles. The molecule has 0 saturated carbocycles. The molecule has 0 spiro atoms. The van der Waals surface area contributed by atoms with E-state index in [0.717, 1.165) is 16.6 Å². The summed E-state index contributed by atoms with van der Waals surface area (Å²) in [4.78, 5) is 11.7. The summed E-state index contributed by atoms with van der Waals surface area (Å²) in [7, 11) is 0. The van der Waals surface area contributed by atoms with Crippen molar-refractivity contribution >= 4 is 35.2 Å². The average Bonchev–Trinajstić information content (AvgIpc) is 3.35. The number of aliphatic imine (C=N–C) groups is 1. The van der Waals surface area contributed by atoms with Crippen LogP contribution in [-0.2, 0) is 17.9 Å². The lowest BCUT2D eigenvalue weighted by molar-refractivity contribution is 0.419. The van der Waals surface area contributed by atoms with Crippen LogP contribution in [0.2, 0.25) is 0 Å². The number of H-pyrrole nitrogens is 1. The summed E-state index contributed by atoms with van der Waals surface area (Å²) in [6, 6.07) is 1.88. The van der Waals surface area contributed by atoms with Crippen LogP contribution < -0.4 is 16.4 Å². The molecule has 2 aromatic rings. The minimum Gasteiger partial charge on any atom is -0.598 e. The predicted molar refractivity (Wildman–Crippen MR) is 109 cm³/mol. The summed E-state index contributed by atoms with van der Waals surface area (Å²) in [5.74, 6) is 0.947. The summed E-state index contributed by atoms with van der Waals surface area (Å²) in [5, 5.41) is 5.61. The van der Waals surface area contributed by atoms with Crippen molar-refractivity contribution in [2.75, 3.05) is 12.8 Å². The largest absolute Gasteiger partial charge is 0.598 e. The smallest absolute Gasteiger partial charge is 0.150 e. The quantitative estimate of drug-likeness (QED) is 0.541. The molecule has 1 aliphatic carbocycles. The molecular weight excluding hydrogens is 362 g/mol. The molecule has 1 aliphatic rings. The Labute approximate surface area is 160 Å². The number of nitrogens with one attached hydrogen (secondary N) is 1. The molecule has 0 fully saturated rings. The van der Waals surface area contributed by atoms with Gasteiger partial charge in [-0.1, -0.05) is 12.2 Å². The molecule has 0 radical (unpaired) electrons. The number of imidazole rings is 1. The van der Waals surface area contributed by atoms with Crippen molar-refractivity contribution in [3.8, 4) is 0 Å². The molecule has 1 atom stereocenters. The van der Waals surface area contributed by atoms with Gasteiger partial charge in [0, 0.05) is 30.3 Å². The molecule has 3 N–H and O–H groups in total. The Morgan fingerprint density at radius 2 is 2.33 bits per heavy atom. The average molecular weight is 385 g/mol. The van der Waals surface area contributed by atoms with E-state index in [0.29, 0.717) is 30.7 Å². The van der Waals surface area contributed by atoms with Gasteiger partial charge in [-0.3, -0.25) is 0 Å². The summed E-state index contributed by atoms with van der Waals surface area (Å²) >= 11 is -1.08. The van der Waals surface area contributed by atoms with E-state index in [2.05, 4.69) is 32.9 Å². The van der Waals surface area contributed by atoms with Crippen LogP contribution in [-0.4, -0.2) is 48.1 Å². The Balaban J connectivity index is 2.01. The Kier molecular flexibility index (Phi) is 5.94. The maximum atomic E-state index is 11.8. The zero-order valence-corrected chi connectivity index (χ0v) is 16.2. The highest BCUT2D eigenvalue weighted by Crippen LogP contribution is 2.17. The fourth-order valence-corrected chi connectivity index (χ4v) is 3.52. The van der Waals surface area contributed by atoms with E-state index in [1.165, 1.54) is 0 Å². The molecular formula is C18H23N7OS. The second kappa shape index (κ2) is 8.38. The van der Waals surface area contributed by atoms with Gasteiger partial charge in [-0.15, -0.1) is 4.31 Å². The van der Waals surface area contributed by atoms with Crippen molar-refractivity contribution in [2.45, 2.75) is 19.9 Å². The first-order valence-corrected chi connectivity index (χ1v) is 10.1. The number of hydrogen-bond donors (Lipinski definition) is 2. The van der Waals surface area contributed by atoms with Crippen LogP contribution in [0.1, 0.15) is 19.2 Å². The number of nitrogens with two attached hydrogens (primary N) is 1. The number of hydrogen-bond acceptors (Lipinski definition) is 6. The second-order valence-electron chi connectivity index (χ2n) is 5.97. The fraction of sp³-hybridized carbons (Fsp3) is 0.278. The van der Waals surface area contributed by atoms with Gasteiger partial charge in [0.15, 0.2) is 5.82 Å².